The molecule has 2 aliphatic rings. The van der Waals surface area contributed by atoms with E-state index in [1.807, 2.05) is 0 Å². The first-order valence-corrected chi connectivity index (χ1v) is 8.02. The first-order chi connectivity index (χ1) is 9.97. The summed E-state index contributed by atoms with van der Waals surface area (Å²) in [6, 6.07) is 0. The van der Waals surface area contributed by atoms with E-state index in [0.717, 1.165) is 0 Å². The highest BCUT2D eigenvalue weighted by Gasteiger charge is 2.05. The molecule has 0 nitrogen and oxygen atoms in total. The molecule has 0 spiro atoms. The molecule has 0 amide bonds. The molecule has 0 heteroatoms. The van der Waals surface area contributed by atoms with Crippen LogP contribution in [0.2, 0.25) is 0 Å². The first-order valence-electron chi connectivity index (χ1n) is 8.02. The highest BCUT2D eigenvalue weighted by molar-refractivity contribution is 5.37. The lowest BCUT2D eigenvalue weighted by Crippen LogP contribution is -1.93. The Bertz CT molecular complexity index is 408. The van der Waals surface area contributed by atoms with E-state index in [0.29, 0.717) is 0 Å². The highest BCUT2D eigenvalue weighted by atomic mass is 14.1. The molecule has 0 N–H and O–H groups in total. The van der Waals surface area contributed by atoms with E-state index in [-0.39, 0.29) is 0 Å². The minimum Gasteiger partial charge on any atom is -0.0845 e. The van der Waals surface area contributed by atoms with Crippen LogP contribution in [0.15, 0.2) is 71.9 Å². The topological polar surface area (TPSA) is 0 Å². The maximum atomic E-state index is 2.32. The number of hydrogen-bond acceptors (Lipinski definition) is 0. The lowest BCUT2D eigenvalue weighted by Gasteiger charge is -2.12. The van der Waals surface area contributed by atoms with E-state index < -0.39 is 0 Å². The van der Waals surface area contributed by atoms with Crippen molar-refractivity contribution < 1.29 is 0 Å². The zero-order valence-electron chi connectivity index (χ0n) is 12.4. The van der Waals surface area contributed by atoms with Gasteiger partial charge in [-0.05, 0) is 62.5 Å². The third kappa shape index (κ3) is 5.61. The molecule has 0 radical (unpaired) electrons. The molecular formula is C20H26. The summed E-state index contributed by atoms with van der Waals surface area (Å²) in [5, 5.41) is 0. The van der Waals surface area contributed by atoms with Crippen LogP contribution in [-0.2, 0) is 0 Å². The lowest BCUT2D eigenvalue weighted by molar-refractivity contribution is 0.714. The summed E-state index contributed by atoms with van der Waals surface area (Å²) in [5.41, 5.74) is 3.07. The molecule has 2 aliphatic carbocycles. The van der Waals surface area contributed by atoms with Gasteiger partial charge in [0.1, 0.15) is 0 Å². The Balaban J connectivity index is 2.15. The quantitative estimate of drug-likeness (QED) is 0.529. The standard InChI is InChI=1S/C20H26/c1-3-7-11-15-19(16-12-8-4-1)20-17-13-9-5-2-6-10-14-18-20/h1-3,5,7,9,11,13,15,17H,4,6,8,10,12,14,16,18H2/b3-1-,5-2-,11-7-,13-9-,19-15+,20-17+. The summed E-state index contributed by atoms with van der Waals surface area (Å²) in [5.74, 6) is 0. The van der Waals surface area contributed by atoms with Gasteiger partial charge in [0.25, 0.3) is 0 Å². The van der Waals surface area contributed by atoms with Gasteiger partial charge in [-0.2, -0.15) is 0 Å². The second kappa shape index (κ2) is 9.36. The van der Waals surface area contributed by atoms with Crippen molar-refractivity contribution in [3.05, 3.63) is 71.9 Å². The Morgan fingerprint density at radius 2 is 1.00 bits per heavy atom. The van der Waals surface area contributed by atoms with E-state index in [4.69, 9.17) is 0 Å². The van der Waals surface area contributed by atoms with Gasteiger partial charge in [0.15, 0.2) is 0 Å². The summed E-state index contributed by atoms with van der Waals surface area (Å²) in [4.78, 5) is 0. The lowest BCUT2D eigenvalue weighted by atomic mass is 9.93. The van der Waals surface area contributed by atoms with Gasteiger partial charge < -0.3 is 0 Å². The molecule has 0 fully saturated rings. The van der Waals surface area contributed by atoms with Gasteiger partial charge in [-0.1, -0.05) is 60.8 Å². The predicted octanol–water partition coefficient (Wildman–Crippen LogP) is 6.21. The third-order valence-electron chi connectivity index (χ3n) is 3.86. The summed E-state index contributed by atoms with van der Waals surface area (Å²) >= 11 is 0. The van der Waals surface area contributed by atoms with Crippen molar-refractivity contribution in [1.82, 2.24) is 0 Å². The SMILES string of the molecule is C1=C\C=C(\C2=C\C=C/C=C\CCCC2)CCCC\C=C/1. The molecule has 0 unspecified atom stereocenters. The molecular weight excluding hydrogens is 240 g/mol. The maximum Gasteiger partial charge on any atom is -0.0276 e. The van der Waals surface area contributed by atoms with Gasteiger partial charge in [0.2, 0.25) is 0 Å². The van der Waals surface area contributed by atoms with Crippen molar-refractivity contribution in [1.29, 1.82) is 0 Å². The third-order valence-corrected chi connectivity index (χ3v) is 3.86. The average molecular weight is 266 g/mol. The van der Waals surface area contributed by atoms with Crippen molar-refractivity contribution in [3.63, 3.8) is 0 Å². The highest BCUT2D eigenvalue weighted by Crippen LogP contribution is 2.24. The number of allylic oxidation sites excluding steroid dienone is 12. The average Bonchev–Trinajstić information content (AvgIpc) is 2.50. The fraction of sp³-hybridized carbons (Fsp3) is 0.400. The summed E-state index contributed by atoms with van der Waals surface area (Å²) in [6.45, 7) is 0. The van der Waals surface area contributed by atoms with E-state index in [1.54, 1.807) is 0 Å². The van der Waals surface area contributed by atoms with Crippen LogP contribution >= 0.6 is 0 Å². The molecule has 0 aliphatic heterocycles. The molecule has 0 aromatic heterocycles. The van der Waals surface area contributed by atoms with E-state index in [9.17, 15) is 0 Å². The molecule has 0 aromatic rings. The second-order valence-corrected chi connectivity index (χ2v) is 5.50. The van der Waals surface area contributed by atoms with E-state index in [1.165, 1.54) is 62.5 Å². The normalized spacial score (nSPS) is 32.8. The van der Waals surface area contributed by atoms with Crippen LogP contribution < -0.4 is 0 Å². The van der Waals surface area contributed by atoms with Gasteiger partial charge in [-0.25, -0.2) is 0 Å². The minimum atomic E-state index is 1.21. The van der Waals surface area contributed by atoms with Gasteiger partial charge in [0, 0.05) is 0 Å². The van der Waals surface area contributed by atoms with Gasteiger partial charge in [-0.3, -0.25) is 0 Å². The largest absolute Gasteiger partial charge is 0.0845 e. The summed E-state index contributed by atoms with van der Waals surface area (Å²) in [6.07, 6.45) is 32.3. The second-order valence-electron chi connectivity index (χ2n) is 5.50. The molecule has 2 rings (SSSR count). The fourth-order valence-electron chi connectivity index (χ4n) is 2.68. The Kier molecular flexibility index (Phi) is 6.95. The van der Waals surface area contributed by atoms with Gasteiger partial charge in [0.05, 0.1) is 0 Å². The molecule has 106 valence electrons. The van der Waals surface area contributed by atoms with Crippen LogP contribution in [0, 0.1) is 0 Å². The van der Waals surface area contributed by atoms with E-state index >= 15 is 0 Å². The zero-order chi connectivity index (χ0) is 13.9. The van der Waals surface area contributed by atoms with Crippen LogP contribution in [0.25, 0.3) is 0 Å². The molecule has 20 heavy (non-hydrogen) atoms. The molecule has 0 saturated heterocycles. The van der Waals surface area contributed by atoms with Crippen LogP contribution in [0.1, 0.15) is 51.4 Å². The molecule has 0 aromatic carbocycles. The predicted molar refractivity (Wildman–Crippen MR) is 89.7 cm³/mol. The summed E-state index contributed by atoms with van der Waals surface area (Å²) in [7, 11) is 0. The number of rotatable bonds is 1. The van der Waals surface area contributed by atoms with Crippen LogP contribution in [0.5, 0.6) is 0 Å². The van der Waals surface area contributed by atoms with Crippen molar-refractivity contribution >= 4 is 0 Å². The maximum absolute atomic E-state index is 2.32. The summed E-state index contributed by atoms with van der Waals surface area (Å²) < 4.78 is 0. The molecule has 0 heterocycles. The van der Waals surface area contributed by atoms with Crippen LogP contribution in [0.3, 0.4) is 0 Å². The fourth-order valence-corrected chi connectivity index (χ4v) is 2.68. The van der Waals surface area contributed by atoms with Crippen molar-refractivity contribution in [2.24, 2.45) is 0 Å². The smallest absolute Gasteiger partial charge is 0.0276 e. The Hall–Kier alpha value is -1.56. The molecule has 0 bridgehead atoms. The Morgan fingerprint density at radius 1 is 0.500 bits per heavy atom. The van der Waals surface area contributed by atoms with Crippen molar-refractivity contribution in [2.45, 2.75) is 51.4 Å². The Morgan fingerprint density at radius 3 is 1.50 bits per heavy atom. The van der Waals surface area contributed by atoms with Crippen molar-refractivity contribution in [2.75, 3.05) is 0 Å². The molecule has 0 atom stereocenters. The van der Waals surface area contributed by atoms with Gasteiger partial charge >= 0.3 is 0 Å². The Labute approximate surface area is 124 Å². The minimum absolute atomic E-state index is 1.21. The van der Waals surface area contributed by atoms with Gasteiger partial charge in [-0.15, -0.1) is 0 Å². The van der Waals surface area contributed by atoms with E-state index in [2.05, 4.69) is 60.8 Å². The zero-order valence-corrected chi connectivity index (χ0v) is 12.4. The molecule has 0 saturated carbocycles. The van der Waals surface area contributed by atoms with Crippen molar-refractivity contribution in [3.8, 4) is 0 Å². The van der Waals surface area contributed by atoms with Crippen LogP contribution in [-0.4, -0.2) is 0 Å². The van der Waals surface area contributed by atoms with Crippen LogP contribution in [0.4, 0.5) is 0 Å². The monoisotopic (exact) mass is 266 g/mol. The number of hydrogen-bond donors (Lipinski definition) is 0. The first kappa shape index (κ1) is 14.8.